The fourth-order valence-electron chi connectivity index (χ4n) is 4.38. The molecule has 2 aromatic carbocycles. The molecular formula is C30H43NO4. The summed E-state index contributed by atoms with van der Waals surface area (Å²) in [7, 11) is 0. The fourth-order valence-corrected chi connectivity index (χ4v) is 4.38. The van der Waals surface area contributed by atoms with Crippen LogP contribution in [0.1, 0.15) is 97.9 Å². The number of rotatable bonds is 19. The number of carbonyl (C=O) groups is 2. The molecule has 0 spiro atoms. The van der Waals surface area contributed by atoms with Crippen LogP contribution in [0, 0.1) is 0 Å². The second kappa shape index (κ2) is 16.9. The molecule has 5 nitrogen and oxygen atoms in total. The van der Waals surface area contributed by atoms with E-state index in [1.165, 1.54) is 12.8 Å². The molecule has 0 aliphatic heterocycles. The molecule has 0 aromatic heterocycles. The molecule has 0 atom stereocenters. The van der Waals surface area contributed by atoms with Crippen LogP contribution in [0.4, 0.5) is 0 Å². The zero-order valence-corrected chi connectivity index (χ0v) is 21.6. The summed E-state index contributed by atoms with van der Waals surface area (Å²) in [5, 5.41) is 9.66. The molecular weight excluding hydrogens is 438 g/mol. The largest absolute Gasteiger partial charge is 0.493 e. The molecule has 5 heteroatoms. The van der Waals surface area contributed by atoms with Gasteiger partial charge in [0.2, 0.25) is 0 Å². The highest BCUT2D eigenvalue weighted by molar-refractivity contribution is 5.95. The average molecular weight is 482 g/mol. The zero-order chi connectivity index (χ0) is 25.3. The van der Waals surface area contributed by atoms with Gasteiger partial charge in [0.25, 0.3) is 0 Å². The van der Waals surface area contributed by atoms with E-state index in [1.54, 1.807) is 12.1 Å². The number of carboxylic acid groups (broad SMARTS) is 1. The first-order valence-electron chi connectivity index (χ1n) is 13.3. The number of hydrogen-bond acceptors (Lipinski definition) is 4. The summed E-state index contributed by atoms with van der Waals surface area (Å²) in [6.07, 6.45) is 9.37. The third-order valence-corrected chi connectivity index (χ3v) is 6.56. The van der Waals surface area contributed by atoms with E-state index < -0.39 is 5.97 Å². The number of hydrogen-bond donors (Lipinski definition) is 1. The summed E-state index contributed by atoms with van der Waals surface area (Å²) in [5.74, 6) is -0.0202. The normalized spacial score (nSPS) is 11.1. The first-order valence-corrected chi connectivity index (χ1v) is 13.3. The Bertz CT molecular complexity index is 877. The van der Waals surface area contributed by atoms with Gasteiger partial charge in [0.05, 0.1) is 12.2 Å². The lowest BCUT2D eigenvalue weighted by molar-refractivity contribution is 0.0694. The number of ketones is 1. The van der Waals surface area contributed by atoms with Crippen molar-refractivity contribution in [3.63, 3.8) is 0 Å². The van der Waals surface area contributed by atoms with E-state index in [0.29, 0.717) is 30.8 Å². The number of Topliss-reactive ketones (excluding diaryl/α,β-unsaturated/α-hetero) is 1. The van der Waals surface area contributed by atoms with Gasteiger partial charge in [-0.3, -0.25) is 4.79 Å². The Kier molecular flexibility index (Phi) is 13.8. The van der Waals surface area contributed by atoms with Crippen LogP contribution in [0.15, 0.2) is 48.5 Å². The van der Waals surface area contributed by atoms with Gasteiger partial charge in [0.15, 0.2) is 5.78 Å². The zero-order valence-electron chi connectivity index (χ0n) is 21.6. The Labute approximate surface area is 211 Å². The lowest BCUT2D eigenvalue weighted by Gasteiger charge is -2.17. The smallest absolute Gasteiger partial charge is 0.336 e. The van der Waals surface area contributed by atoms with Gasteiger partial charge >= 0.3 is 5.97 Å². The van der Waals surface area contributed by atoms with E-state index in [0.717, 1.165) is 69.3 Å². The first kappa shape index (κ1) is 28.6. The predicted octanol–water partition coefficient (Wildman–Crippen LogP) is 7.04. The Morgan fingerprint density at radius 2 is 1.49 bits per heavy atom. The van der Waals surface area contributed by atoms with E-state index in [2.05, 4.69) is 18.7 Å². The summed E-state index contributed by atoms with van der Waals surface area (Å²) in [5.41, 5.74) is 1.90. The molecule has 0 saturated heterocycles. The van der Waals surface area contributed by atoms with E-state index in [9.17, 15) is 14.7 Å². The van der Waals surface area contributed by atoms with Crippen LogP contribution < -0.4 is 4.74 Å². The van der Waals surface area contributed by atoms with Crippen LogP contribution in [-0.2, 0) is 6.42 Å². The minimum atomic E-state index is -0.907. The second-order valence-electron chi connectivity index (χ2n) is 9.08. The Morgan fingerprint density at radius 3 is 2.20 bits per heavy atom. The van der Waals surface area contributed by atoms with Crippen molar-refractivity contribution in [1.82, 2.24) is 4.90 Å². The Hall–Kier alpha value is -2.66. The van der Waals surface area contributed by atoms with Gasteiger partial charge in [-0.15, -0.1) is 0 Å². The molecule has 0 heterocycles. The molecule has 0 unspecified atom stereocenters. The molecule has 0 aliphatic rings. The quantitative estimate of drug-likeness (QED) is 0.172. The highest BCUT2D eigenvalue weighted by Gasteiger charge is 2.15. The average Bonchev–Trinajstić information content (AvgIpc) is 2.88. The maximum atomic E-state index is 12.2. The molecule has 0 saturated carbocycles. The van der Waals surface area contributed by atoms with Crippen LogP contribution in [0.2, 0.25) is 0 Å². The predicted molar refractivity (Wildman–Crippen MR) is 143 cm³/mol. The molecule has 0 fully saturated rings. The molecule has 0 bridgehead atoms. The minimum absolute atomic E-state index is 0.186. The number of ether oxygens (including phenoxy) is 1. The number of aromatic carboxylic acids is 1. The third kappa shape index (κ3) is 10.6. The molecule has 0 aliphatic carbocycles. The monoisotopic (exact) mass is 481 g/mol. The maximum absolute atomic E-state index is 12.2. The lowest BCUT2D eigenvalue weighted by Crippen LogP contribution is -2.23. The first-order chi connectivity index (χ1) is 17.1. The van der Waals surface area contributed by atoms with E-state index in [1.807, 2.05) is 36.4 Å². The Morgan fingerprint density at radius 1 is 0.800 bits per heavy atom. The SMILES string of the molecule is CCN(CC)CCCCCCOc1cccc(C(=O)O)c1CCCCCCC(=O)c1ccccc1. The number of nitrogens with zero attached hydrogens (tertiary/aromatic N) is 1. The van der Waals surface area contributed by atoms with Gasteiger partial charge in [0, 0.05) is 17.5 Å². The van der Waals surface area contributed by atoms with Gasteiger partial charge in [-0.25, -0.2) is 4.79 Å². The molecule has 192 valence electrons. The summed E-state index contributed by atoms with van der Waals surface area (Å²) in [6, 6.07) is 14.7. The standard InChI is InChI=1S/C30H43NO4/c1-3-31(4-2)23-14-7-8-15-24-35-29-22-16-20-27(30(33)34)26(29)19-12-5-6-13-21-28(32)25-17-10-9-11-18-25/h9-11,16-18,20,22H,3-8,12-15,19,21,23-24H2,1-2H3,(H,33,34). The third-order valence-electron chi connectivity index (χ3n) is 6.56. The topological polar surface area (TPSA) is 66.8 Å². The fraction of sp³-hybridized carbons (Fsp3) is 0.533. The van der Waals surface area contributed by atoms with Crippen molar-refractivity contribution in [2.75, 3.05) is 26.2 Å². The molecule has 2 rings (SSSR count). The molecule has 2 aromatic rings. The highest BCUT2D eigenvalue weighted by atomic mass is 16.5. The van der Waals surface area contributed by atoms with Crippen LogP contribution in [-0.4, -0.2) is 48.0 Å². The van der Waals surface area contributed by atoms with Crippen molar-refractivity contribution < 1.29 is 19.4 Å². The van der Waals surface area contributed by atoms with Gasteiger partial charge in [-0.2, -0.15) is 0 Å². The van der Waals surface area contributed by atoms with Gasteiger partial charge in [0.1, 0.15) is 5.75 Å². The lowest BCUT2D eigenvalue weighted by atomic mass is 9.98. The van der Waals surface area contributed by atoms with Crippen molar-refractivity contribution in [3.05, 3.63) is 65.2 Å². The van der Waals surface area contributed by atoms with Crippen molar-refractivity contribution >= 4 is 11.8 Å². The highest BCUT2D eigenvalue weighted by Crippen LogP contribution is 2.26. The van der Waals surface area contributed by atoms with Crippen LogP contribution >= 0.6 is 0 Å². The van der Waals surface area contributed by atoms with Crippen LogP contribution in [0.5, 0.6) is 5.75 Å². The van der Waals surface area contributed by atoms with Crippen molar-refractivity contribution in [2.45, 2.75) is 78.1 Å². The van der Waals surface area contributed by atoms with Crippen LogP contribution in [0.3, 0.4) is 0 Å². The number of benzene rings is 2. The Balaban J connectivity index is 1.73. The molecule has 0 amide bonds. The number of unbranched alkanes of at least 4 members (excludes halogenated alkanes) is 6. The van der Waals surface area contributed by atoms with Crippen molar-refractivity contribution in [3.8, 4) is 5.75 Å². The maximum Gasteiger partial charge on any atom is 0.336 e. The second-order valence-corrected chi connectivity index (χ2v) is 9.08. The van der Waals surface area contributed by atoms with Crippen molar-refractivity contribution in [2.24, 2.45) is 0 Å². The summed E-state index contributed by atoms with van der Waals surface area (Å²) in [4.78, 5) is 26.4. The summed E-state index contributed by atoms with van der Waals surface area (Å²) in [6.45, 7) is 8.38. The van der Waals surface area contributed by atoms with Gasteiger partial charge in [-0.05, 0) is 63.9 Å². The van der Waals surface area contributed by atoms with Crippen LogP contribution in [0.25, 0.3) is 0 Å². The summed E-state index contributed by atoms with van der Waals surface area (Å²) >= 11 is 0. The number of carboxylic acids is 1. The van der Waals surface area contributed by atoms with E-state index >= 15 is 0 Å². The van der Waals surface area contributed by atoms with E-state index in [4.69, 9.17) is 4.74 Å². The van der Waals surface area contributed by atoms with Gasteiger partial charge in [-0.1, -0.05) is 75.9 Å². The van der Waals surface area contributed by atoms with E-state index in [-0.39, 0.29) is 5.78 Å². The minimum Gasteiger partial charge on any atom is -0.493 e. The molecule has 1 N–H and O–H groups in total. The molecule has 35 heavy (non-hydrogen) atoms. The van der Waals surface area contributed by atoms with Gasteiger partial charge < -0.3 is 14.7 Å². The summed E-state index contributed by atoms with van der Waals surface area (Å²) < 4.78 is 6.04. The molecule has 0 radical (unpaired) electrons. The van der Waals surface area contributed by atoms with Crippen molar-refractivity contribution in [1.29, 1.82) is 0 Å². The number of carbonyl (C=O) groups excluding carboxylic acids is 1.